The average Bonchev–Trinajstić information content (AvgIpc) is 3.27. The number of rotatable bonds is 3. The molecular weight excluding hydrogens is 330 g/mol. The maximum Gasteiger partial charge on any atom is 0.214 e. The van der Waals surface area contributed by atoms with Crippen LogP contribution in [0.3, 0.4) is 0 Å². The van der Waals surface area contributed by atoms with E-state index >= 15 is 0 Å². The van der Waals surface area contributed by atoms with Crippen LogP contribution in [-0.2, 0) is 0 Å². The zero-order chi connectivity index (χ0) is 18.3. The fourth-order valence-corrected chi connectivity index (χ4v) is 2.76. The molecule has 0 aliphatic carbocycles. The lowest BCUT2D eigenvalue weighted by Crippen LogP contribution is -1.98. The summed E-state index contributed by atoms with van der Waals surface area (Å²) in [6, 6.07) is 11.8. The van der Waals surface area contributed by atoms with E-state index in [1.165, 1.54) is 0 Å². The highest BCUT2D eigenvalue weighted by Gasteiger charge is 2.17. The molecule has 0 unspecified atom stereocenters. The molecule has 9 nitrogen and oxygen atoms in total. The van der Waals surface area contributed by atoms with Crippen LogP contribution in [0.4, 0.5) is 11.5 Å². The Balaban J connectivity index is 1.80. The second kappa shape index (κ2) is 5.93. The van der Waals surface area contributed by atoms with Crippen molar-refractivity contribution in [2.75, 3.05) is 0 Å². The fraction of sp³-hybridized carbons (Fsp3) is 0.176. The van der Waals surface area contributed by atoms with Crippen molar-refractivity contribution in [3.8, 4) is 11.8 Å². The SMILES string of the molecule is Cc1[nH]n2c(C)nnc2c1N=Nc1nn(-c2ccccc2)c(C)c1C#N. The lowest BCUT2D eigenvalue weighted by Gasteiger charge is -2.02. The molecule has 0 bridgehead atoms. The first-order valence-electron chi connectivity index (χ1n) is 7.97. The summed E-state index contributed by atoms with van der Waals surface area (Å²) in [4.78, 5) is 0. The number of aromatic amines is 1. The summed E-state index contributed by atoms with van der Waals surface area (Å²) in [5.41, 5.74) is 3.92. The number of nitrogens with one attached hydrogen (secondary N) is 1. The number of aryl methyl sites for hydroxylation is 2. The Morgan fingerprint density at radius 3 is 2.58 bits per heavy atom. The highest BCUT2D eigenvalue weighted by Crippen LogP contribution is 2.28. The summed E-state index contributed by atoms with van der Waals surface area (Å²) in [5, 5.41) is 33.7. The molecule has 0 aliphatic rings. The number of nitriles is 1. The second-order valence-electron chi connectivity index (χ2n) is 5.83. The molecule has 3 heterocycles. The number of para-hydroxylation sites is 1. The van der Waals surface area contributed by atoms with Crippen LogP contribution >= 0.6 is 0 Å². The number of aromatic nitrogens is 6. The zero-order valence-electron chi connectivity index (χ0n) is 14.5. The second-order valence-corrected chi connectivity index (χ2v) is 5.83. The molecule has 4 aromatic rings. The average molecular weight is 345 g/mol. The molecule has 1 N–H and O–H groups in total. The van der Waals surface area contributed by atoms with Gasteiger partial charge < -0.3 is 0 Å². The molecule has 3 aromatic heterocycles. The van der Waals surface area contributed by atoms with E-state index in [0.717, 1.165) is 17.2 Å². The van der Waals surface area contributed by atoms with Crippen LogP contribution in [-0.4, -0.2) is 29.6 Å². The van der Waals surface area contributed by atoms with Gasteiger partial charge in [0.05, 0.1) is 17.1 Å². The van der Waals surface area contributed by atoms with Crippen molar-refractivity contribution >= 4 is 17.2 Å². The molecule has 0 saturated heterocycles. The molecule has 26 heavy (non-hydrogen) atoms. The normalized spacial score (nSPS) is 11.5. The van der Waals surface area contributed by atoms with E-state index in [1.807, 2.05) is 51.1 Å². The van der Waals surface area contributed by atoms with Gasteiger partial charge in [-0.3, -0.25) is 5.10 Å². The minimum absolute atomic E-state index is 0.267. The Bertz CT molecular complexity index is 1170. The van der Waals surface area contributed by atoms with Gasteiger partial charge in [0.25, 0.3) is 0 Å². The zero-order valence-corrected chi connectivity index (χ0v) is 14.5. The molecule has 4 rings (SSSR count). The lowest BCUT2D eigenvalue weighted by molar-refractivity contribution is 0.843. The molecule has 0 atom stereocenters. The van der Waals surface area contributed by atoms with Gasteiger partial charge in [-0.25, -0.2) is 9.20 Å². The first-order chi connectivity index (χ1) is 12.6. The minimum Gasteiger partial charge on any atom is -0.293 e. The molecule has 1 aromatic carbocycles. The van der Waals surface area contributed by atoms with Gasteiger partial charge in [-0.2, -0.15) is 5.26 Å². The van der Waals surface area contributed by atoms with Gasteiger partial charge in [-0.1, -0.05) is 18.2 Å². The maximum absolute atomic E-state index is 9.51. The van der Waals surface area contributed by atoms with Crippen molar-refractivity contribution in [3.05, 3.63) is 53.1 Å². The van der Waals surface area contributed by atoms with E-state index < -0.39 is 0 Å². The first kappa shape index (κ1) is 15.7. The molecule has 0 fully saturated rings. The van der Waals surface area contributed by atoms with Crippen LogP contribution in [0.15, 0.2) is 40.6 Å². The summed E-state index contributed by atoms with van der Waals surface area (Å²) in [6.45, 7) is 5.55. The number of azo groups is 1. The van der Waals surface area contributed by atoms with Crippen molar-refractivity contribution in [2.24, 2.45) is 10.2 Å². The van der Waals surface area contributed by atoms with Crippen molar-refractivity contribution in [2.45, 2.75) is 20.8 Å². The van der Waals surface area contributed by atoms with Gasteiger partial charge >= 0.3 is 0 Å². The van der Waals surface area contributed by atoms with E-state index in [9.17, 15) is 5.26 Å². The number of hydrogen-bond donors (Lipinski definition) is 1. The Kier molecular flexibility index (Phi) is 3.58. The lowest BCUT2D eigenvalue weighted by atomic mass is 10.2. The molecule has 0 radical (unpaired) electrons. The van der Waals surface area contributed by atoms with E-state index in [1.54, 1.807) is 9.20 Å². The van der Waals surface area contributed by atoms with E-state index in [-0.39, 0.29) is 5.82 Å². The number of H-pyrrole nitrogens is 1. The van der Waals surface area contributed by atoms with Crippen LogP contribution in [0.25, 0.3) is 11.3 Å². The van der Waals surface area contributed by atoms with Crippen LogP contribution in [0, 0.1) is 32.1 Å². The predicted octanol–water partition coefficient (Wildman–Crippen LogP) is 3.46. The molecular formula is C17H15N9. The summed E-state index contributed by atoms with van der Waals surface area (Å²) in [5.74, 6) is 0.996. The van der Waals surface area contributed by atoms with Gasteiger partial charge in [0.15, 0.2) is 5.69 Å². The topological polar surface area (TPSA) is 112 Å². The number of nitrogens with zero attached hydrogens (tertiary/aromatic N) is 8. The highest BCUT2D eigenvalue weighted by molar-refractivity contribution is 5.66. The van der Waals surface area contributed by atoms with E-state index in [0.29, 0.717) is 22.6 Å². The third kappa shape index (κ3) is 2.36. The van der Waals surface area contributed by atoms with Crippen molar-refractivity contribution in [1.29, 1.82) is 5.26 Å². The molecule has 128 valence electrons. The molecule has 9 heteroatoms. The van der Waals surface area contributed by atoms with E-state index in [4.69, 9.17) is 0 Å². The third-order valence-corrected chi connectivity index (χ3v) is 4.13. The maximum atomic E-state index is 9.51. The Labute approximate surface area is 148 Å². The number of hydrogen-bond acceptors (Lipinski definition) is 6. The Morgan fingerprint density at radius 1 is 1.08 bits per heavy atom. The van der Waals surface area contributed by atoms with Gasteiger partial charge in [0.1, 0.15) is 17.5 Å². The largest absolute Gasteiger partial charge is 0.293 e. The highest BCUT2D eigenvalue weighted by atomic mass is 15.4. The number of benzene rings is 1. The van der Waals surface area contributed by atoms with Crippen LogP contribution in [0.1, 0.15) is 22.8 Å². The third-order valence-electron chi connectivity index (χ3n) is 4.13. The van der Waals surface area contributed by atoms with Gasteiger partial charge in [-0.15, -0.1) is 25.5 Å². The predicted molar refractivity (Wildman–Crippen MR) is 94.0 cm³/mol. The standard InChI is InChI=1S/C17H15N9/c1-10-15(17-22-19-12(3)26(17)23-10)20-21-16-14(9-18)11(2)25(24-16)13-7-5-4-6-8-13/h4-8,23H,1-3H3. The summed E-state index contributed by atoms with van der Waals surface area (Å²) < 4.78 is 3.43. The Hall–Kier alpha value is -3.80. The van der Waals surface area contributed by atoms with Gasteiger partial charge in [0.2, 0.25) is 11.5 Å². The quantitative estimate of drug-likeness (QED) is 0.573. The minimum atomic E-state index is 0.267. The van der Waals surface area contributed by atoms with Crippen molar-refractivity contribution < 1.29 is 0 Å². The van der Waals surface area contributed by atoms with Gasteiger partial charge in [-0.05, 0) is 32.9 Å². The molecule has 0 amide bonds. The fourth-order valence-electron chi connectivity index (χ4n) is 2.76. The molecule has 0 saturated carbocycles. The van der Waals surface area contributed by atoms with Gasteiger partial charge in [0, 0.05) is 0 Å². The van der Waals surface area contributed by atoms with Crippen molar-refractivity contribution in [1.82, 2.24) is 29.6 Å². The molecule has 0 aliphatic heterocycles. The first-order valence-corrected chi connectivity index (χ1v) is 7.97. The Morgan fingerprint density at radius 2 is 1.85 bits per heavy atom. The van der Waals surface area contributed by atoms with Crippen LogP contribution in [0.2, 0.25) is 0 Å². The van der Waals surface area contributed by atoms with Crippen LogP contribution < -0.4 is 0 Å². The monoisotopic (exact) mass is 345 g/mol. The van der Waals surface area contributed by atoms with E-state index in [2.05, 4.69) is 36.7 Å². The summed E-state index contributed by atoms with van der Waals surface area (Å²) in [7, 11) is 0. The molecule has 0 spiro atoms. The van der Waals surface area contributed by atoms with Crippen molar-refractivity contribution in [3.63, 3.8) is 0 Å². The number of fused-ring (bicyclic) bond motifs is 1. The van der Waals surface area contributed by atoms with Crippen LogP contribution in [0.5, 0.6) is 0 Å². The summed E-state index contributed by atoms with van der Waals surface area (Å²) >= 11 is 0. The smallest absolute Gasteiger partial charge is 0.214 e. The summed E-state index contributed by atoms with van der Waals surface area (Å²) in [6.07, 6.45) is 0.